The molecule has 0 atom stereocenters. The fourth-order valence-corrected chi connectivity index (χ4v) is 3.40. The van der Waals surface area contributed by atoms with E-state index in [4.69, 9.17) is 21.1 Å². The highest BCUT2D eigenvalue weighted by molar-refractivity contribution is 6.30. The van der Waals surface area contributed by atoms with Gasteiger partial charge in [0.2, 0.25) is 0 Å². The number of amides is 1. The maximum atomic E-state index is 12.5. The minimum atomic E-state index is -0.534. The van der Waals surface area contributed by atoms with E-state index in [1.54, 1.807) is 61.5 Å². The van der Waals surface area contributed by atoms with Gasteiger partial charge in [-0.05, 0) is 85.8 Å². The molecule has 0 unspecified atom stereocenters. The molecular weight excluding hydrogens is 466 g/mol. The second-order valence-electron chi connectivity index (χ2n) is 7.54. The standard InChI is InChI=1S/C27H22ClN3O4/c1-18(29-30-26(32)19-7-12-23(13-8-19)31-15-3-4-16-31)21-9-14-24(25(17-21)34-2)35-27(33)20-5-10-22(28)11-6-20/h3-17H,1-2H3,(H,30,32). The van der Waals surface area contributed by atoms with E-state index >= 15 is 0 Å². The van der Waals surface area contributed by atoms with Crippen molar-refractivity contribution in [3.8, 4) is 17.2 Å². The van der Waals surface area contributed by atoms with E-state index in [1.807, 2.05) is 41.2 Å². The largest absolute Gasteiger partial charge is 0.493 e. The van der Waals surface area contributed by atoms with Crippen molar-refractivity contribution < 1.29 is 19.1 Å². The van der Waals surface area contributed by atoms with Crippen LogP contribution in [0.1, 0.15) is 33.2 Å². The zero-order valence-corrected chi connectivity index (χ0v) is 19.8. The number of hydrogen-bond acceptors (Lipinski definition) is 5. The number of halogens is 1. The topological polar surface area (TPSA) is 81.9 Å². The molecule has 0 aliphatic heterocycles. The Balaban J connectivity index is 1.43. The van der Waals surface area contributed by atoms with Crippen molar-refractivity contribution in [1.29, 1.82) is 0 Å². The Morgan fingerprint density at radius 1 is 0.857 bits per heavy atom. The van der Waals surface area contributed by atoms with Crippen LogP contribution < -0.4 is 14.9 Å². The predicted molar refractivity (Wildman–Crippen MR) is 135 cm³/mol. The summed E-state index contributed by atoms with van der Waals surface area (Å²) in [6.45, 7) is 1.75. The Morgan fingerprint density at radius 3 is 2.14 bits per heavy atom. The summed E-state index contributed by atoms with van der Waals surface area (Å²) in [7, 11) is 1.48. The maximum Gasteiger partial charge on any atom is 0.343 e. The highest BCUT2D eigenvalue weighted by Crippen LogP contribution is 2.29. The quantitative estimate of drug-likeness (QED) is 0.161. The second kappa shape index (κ2) is 10.7. The lowest BCUT2D eigenvalue weighted by atomic mass is 10.1. The Kier molecular flexibility index (Phi) is 7.28. The SMILES string of the molecule is COc1cc(C(C)=NNC(=O)c2ccc(-n3cccc3)cc2)ccc1OC(=O)c1ccc(Cl)cc1. The molecule has 4 aromatic rings. The number of aromatic nitrogens is 1. The number of rotatable bonds is 7. The third-order valence-electron chi connectivity index (χ3n) is 5.22. The first-order valence-corrected chi connectivity index (χ1v) is 11.1. The minimum absolute atomic E-state index is 0.260. The summed E-state index contributed by atoms with van der Waals surface area (Å²) in [5.41, 5.74) is 5.61. The molecule has 0 saturated heterocycles. The van der Waals surface area contributed by atoms with Gasteiger partial charge in [-0.15, -0.1) is 0 Å². The van der Waals surface area contributed by atoms with E-state index < -0.39 is 5.97 Å². The average Bonchev–Trinajstić information content (AvgIpc) is 3.43. The molecule has 1 amide bonds. The zero-order chi connectivity index (χ0) is 24.8. The molecule has 7 nitrogen and oxygen atoms in total. The molecule has 1 heterocycles. The normalized spacial score (nSPS) is 11.1. The van der Waals surface area contributed by atoms with Gasteiger partial charge in [0.15, 0.2) is 11.5 Å². The molecule has 0 radical (unpaired) electrons. The van der Waals surface area contributed by atoms with Crippen LogP contribution in [0.3, 0.4) is 0 Å². The van der Waals surface area contributed by atoms with Crippen LogP contribution in [0.4, 0.5) is 0 Å². The number of ether oxygens (including phenoxy) is 2. The van der Waals surface area contributed by atoms with Gasteiger partial charge < -0.3 is 14.0 Å². The highest BCUT2D eigenvalue weighted by atomic mass is 35.5. The average molecular weight is 488 g/mol. The van der Waals surface area contributed by atoms with E-state index in [0.29, 0.717) is 33.2 Å². The van der Waals surface area contributed by atoms with Gasteiger partial charge in [-0.3, -0.25) is 4.79 Å². The van der Waals surface area contributed by atoms with Crippen LogP contribution >= 0.6 is 11.6 Å². The van der Waals surface area contributed by atoms with Crippen molar-refractivity contribution in [3.05, 3.63) is 113 Å². The van der Waals surface area contributed by atoms with E-state index in [9.17, 15) is 9.59 Å². The van der Waals surface area contributed by atoms with E-state index in [1.165, 1.54) is 7.11 Å². The first-order valence-electron chi connectivity index (χ1n) is 10.7. The summed E-state index contributed by atoms with van der Waals surface area (Å²) in [5.74, 6) is -0.251. The molecule has 0 fully saturated rings. The van der Waals surface area contributed by atoms with Gasteiger partial charge in [-0.1, -0.05) is 11.6 Å². The van der Waals surface area contributed by atoms with Crippen LogP contribution in [0.5, 0.6) is 11.5 Å². The fourth-order valence-electron chi connectivity index (χ4n) is 3.28. The molecule has 0 spiro atoms. The van der Waals surface area contributed by atoms with Crippen molar-refractivity contribution in [3.63, 3.8) is 0 Å². The number of carbonyl (C=O) groups excluding carboxylic acids is 2. The van der Waals surface area contributed by atoms with Gasteiger partial charge in [-0.2, -0.15) is 5.10 Å². The molecule has 0 aliphatic rings. The van der Waals surface area contributed by atoms with Crippen LogP contribution in [-0.4, -0.2) is 29.3 Å². The number of hydrogen-bond donors (Lipinski definition) is 1. The molecule has 0 aliphatic carbocycles. The van der Waals surface area contributed by atoms with Crippen molar-refractivity contribution in [2.75, 3.05) is 7.11 Å². The first-order chi connectivity index (χ1) is 16.9. The summed E-state index contributed by atoms with van der Waals surface area (Å²) < 4.78 is 12.8. The van der Waals surface area contributed by atoms with Crippen molar-refractivity contribution in [2.45, 2.75) is 6.92 Å². The van der Waals surface area contributed by atoms with Gasteiger partial charge in [0, 0.05) is 34.2 Å². The molecule has 0 bridgehead atoms. The van der Waals surface area contributed by atoms with Gasteiger partial charge in [0.05, 0.1) is 18.4 Å². The van der Waals surface area contributed by atoms with Gasteiger partial charge >= 0.3 is 5.97 Å². The van der Waals surface area contributed by atoms with E-state index in [0.717, 1.165) is 5.69 Å². The third-order valence-corrected chi connectivity index (χ3v) is 5.47. The summed E-state index contributed by atoms with van der Waals surface area (Å²) in [6.07, 6.45) is 3.86. The first kappa shape index (κ1) is 23.8. The third kappa shape index (κ3) is 5.77. The van der Waals surface area contributed by atoms with Crippen LogP contribution in [0, 0.1) is 0 Å². The number of benzene rings is 3. The molecule has 8 heteroatoms. The van der Waals surface area contributed by atoms with Crippen molar-refractivity contribution in [2.24, 2.45) is 5.10 Å². The lowest BCUT2D eigenvalue weighted by Gasteiger charge is -2.11. The Hall–Kier alpha value is -4.36. The van der Waals surface area contributed by atoms with E-state index in [-0.39, 0.29) is 11.7 Å². The lowest BCUT2D eigenvalue weighted by molar-refractivity contribution is 0.0729. The number of esters is 1. The molecule has 1 N–H and O–H groups in total. The number of nitrogens with zero attached hydrogens (tertiary/aromatic N) is 2. The lowest BCUT2D eigenvalue weighted by Crippen LogP contribution is -2.19. The Bertz CT molecular complexity index is 1360. The van der Waals surface area contributed by atoms with Crippen LogP contribution in [0.25, 0.3) is 5.69 Å². The Morgan fingerprint density at radius 2 is 1.49 bits per heavy atom. The summed E-state index contributed by atoms with van der Waals surface area (Å²) in [5, 5.41) is 4.73. The number of methoxy groups -OCH3 is 1. The molecule has 3 aromatic carbocycles. The van der Waals surface area contributed by atoms with Gasteiger partial charge in [0.25, 0.3) is 5.91 Å². The number of hydrazone groups is 1. The van der Waals surface area contributed by atoms with Crippen LogP contribution in [-0.2, 0) is 0 Å². The summed E-state index contributed by atoms with van der Waals surface area (Å²) in [6, 6.07) is 22.5. The minimum Gasteiger partial charge on any atom is -0.493 e. The predicted octanol–water partition coefficient (Wildman–Crippen LogP) is 5.51. The smallest absolute Gasteiger partial charge is 0.343 e. The molecule has 176 valence electrons. The molecule has 1 aromatic heterocycles. The summed E-state index contributed by atoms with van der Waals surface area (Å²) in [4.78, 5) is 24.9. The van der Waals surface area contributed by atoms with Crippen LogP contribution in [0.2, 0.25) is 5.02 Å². The van der Waals surface area contributed by atoms with Gasteiger partial charge in [0.1, 0.15) is 0 Å². The van der Waals surface area contributed by atoms with Gasteiger partial charge in [-0.25, -0.2) is 10.2 Å². The monoisotopic (exact) mass is 487 g/mol. The van der Waals surface area contributed by atoms with Crippen molar-refractivity contribution in [1.82, 2.24) is 9.99 Å². The van der Waals surface area contributed by atoms with Crippen LogP contribution in [0.15, 0.2) is 96.4 Å². The van der Waals surface area contributed by atoms with Crippen molar-refractivity contribution >= 4 is 29.2 Å². The second-order valence-corrected chi connectivity index (χ2v) is 7.97. The number of carbonyl (C=O) groups is 2. The highest BCUT2D eigenvalue weighted by Gasteiger charge is 2.14. The maximum absolute atomic E-state index is 12.5. The molecule has 35 heavy (non-hydrogen) atoms. The summed E-state index contributed by atoms with van der Waals surface area (Å²) >= 11 is 5.87. The fraction of sp³-hybridized carbons (Fsp3) is 0.0741. The molecule has 4 rings (SSSR count). The number of nitrogens with one attached hydrogen (secondary N) is 1. The zero-order valence-electron chi connectivity index (χ0n) is 19.1. The van der Waals surface area contributed by atoms with E-state index in [2.05, 4.69) is 10.5 Å². The molecule has 0 saturated carbocycles. The Labute approximate surface area is 207 Å². The molecular formula is C27H22ClN3O4.